The van der Waals surface area contributed by atoms with Crippen molar-refractivity contribution in [3.05, 3.63) is 87.7 Å². The van der Waals surface area contributed by atoms with Crippen LogP contribution in [0.3, 0.4) is 0 Å². The van der Waals surface area contributed by atoms with Gasteiger partial charge in [-0.3, -0.25) is 9.78 Å². The summed E-state index contributed by atoms with van der Waals surface area (Å²) in [7, 11) is 1.62. The summed E-state index contributed by atoms with van der Waals surface area (Å²) in [6.45, 7) is 0. The predicted molar refractivity (Wildman–Crippen MR) is 109 cm³/mol. The zero-order valence-corrected chi connectivity index (χ0v) is 16.2. The molecule has 0 spiro atoms. The predicted octanol–water partition coefficient (Wildman–Crippen LogP) is 5.43. The van der Waals surface area contributed by atoms with Crippen molar-refractivity contribution in [2.75, 3.05) is 12.4 Å². The minimum atomic E-state index is -0.298. The van der Waals surface area contributed by atoms with Crippen LogP contribution < -0.4 is 10.1 Å². The molecule has 4 nitrogen and oxygen atoms in total. The van der Waals surface area contributed by atoms with Crippen molar-refractivity contribution in [3.8, 4) is 5.75 Å². The van der Waals surface area contributed by atoms with Gasteiger partial charge in [-0.1, -0.05) is 53.5 Å². The lowest BCUT2D eigenvalue weighted by molar-refractivity contribution is 0.102. The van der Waals surface area contributed by atoms with Gasteiger partial charge in [0.2, 0.25) is 0 Å². The molecular formula is C21H18Cl2N2O2. The Morgan fingerprint density at radius 1 is 1.04 bits per heavy atom. The average molecular weight is 401 g/mol. The van der Waals surface area contributed by atoms with Crippen LogP contribution in [0.5, 0.6) is 5.75 Å². The average Bonchev–Trinajstić information content (AvgIpc) is 2.69. The summed E-state index contributed by atoms with van der Waals surface area (Å²) < 4.78 is 5.44. The number of benzene rings is 2. The fraction of sp³-hybridized carbons (Fsp3) is 0.143. The summed E-state index contributed by atoms with van der Waals surface area (Å²) in [5, 5.41) is 3.32. The van der Waals surface area contributed by atoms with Crippen LogP contribution >= 0.6 is 23.2 Å². The second-order valence-electron chi connectivity index (χ2n) is 5.94. The van der Waals surface area contributed by atoms with E-state index in [2.05, 4.69) is 22.4 Å². The molecule has 0 aliphatic carbocycles. The number of aryl methyl sites for hydroxylation is 2. The first kappa shape index (κ1) is 19.2. The van der Waals surface area contributed by atoms with Gasteiger partial charge >= 0.3 is 0 Å². The summed E-state index contributed by atoms with van der Waals surface area (Å²) >= 11 is 12.2. The largest absolute Gasteiger partial charge is 0.496 e. The number of carbonyl (C=O) groups excluding carboxylic acids is 1. The SMILES string of the molecule is COc1ccc(C(=O)Nc2c(Cl)cncc2Cl)cc1CCc1ccccc1. The van der Waals surface area contributed by atoms with E-state index in [0.717, 1.165) is 24.2 Å². The number of ether oxygens (including phenoxy) is 1. The quantitative estimate of drug-likeness (QED) is 0.599. The molecule has 1 N–H and O–H groups in total. The van der Waals surface area contributed by atoms with Crippen LogP contribution in [0.4, 0.5) is 5.69 Å². The Balaban J connectivity index is 1.80. The molecule has 0 atom stereocenters. The standard InChI is InChI=1S/C21H18Cl2N2O2/c1-27-19-10-9-16(11-15(19)8-7-14-5-3-2-4-6-14)21(26)25-20-17(22)12-24-13-18(20)23/h2-6,9-13H,7-8H2,1H3,(H,24,25,26). The molecule has 0 saturated carbocycles. The zero-order valence-electron chi connectivity index (χ0n) is 14.7. The van der Waals surface area contributed by atoms with Gasteiger partial charge in [-0.05, 0) is 42.2 Å². The summed E-state index contributed by atoms with van der Waals surface area (Å²) in [6.07, 6.45) is 4.47. The maximum Gasteiger partial charge on any atom is 0.255 e. The molecule has 1 amide bonds. The molecule has 0 fully saturated rings. The second kappa shape index (κ2) is 8.89. The molecule has 0 saturated heterocycles. The molecule has 3 rings (SSSR count). The van der Waals surface area contributed by atoms with Crippen molar-refractivity contribution in [2.45, 2.75) is 12.8 Å². The molecule has 0 aliphatic rings. The molecule has 0 aliphatic heterocycles. The third-order valence-corrected chi connectivity index (χ3v) is 4.73. The number of hydrogen-bond acceptors (Lipinski definition) is 3. The van der Waals surface area contributed by atoms with E-state index in [1.54, 1.807) is 19.2 Å². The maximum atomic E-state index is 12.7. The number of methoxy groups -OCH3 is 1. The fourth-order valence-electron chi connectivity index (χ4n) is 2.76. The molecule has 0 radical (unpaired) electrons. The summed E-state index contributed by atoms with van der Waals surface area (Å²) in [5.41, 5.74) is 3.04. The van der Waals surface area contributed by atoms with E-state index in [0.29, 0.717) is 11.3 Å². The first-order valence-corrected chi connectivity index (χ1v) is 9.15. The highest BCUT2D eigenvalue weighted by Gasteiger charge is 2.14. The number of amides is 1. The lowest BCUT2D eigenvalue weighted by Crippen LogP contribution is -2.13. The molecule has 1 heterocycles. The number of pyridine rings is 1. The number of anilines is 1. The van der Waals surface area contributed by atoms with E-state index >= 15 is 0 Å². The van der Waals surface area contributed by atoms with Crippen LogP contribution in [0, 0.1) is 0 Å². The highest BCUT2D eigenvalue weighted by atomic mass is 35.5. The Bertz CT molecular complexity index is 926. The molecule has 1 aromatic heterocycles. The number of hydrogen-bond donors (Lipinski definition) is 1. The lowest BCUT2D eigenvalue weighted by atomic mass is 10.0. The van der Waals surface area contributed by atoms with Crippen LogP contribution in [-0.2, 0) is 12.8 Å². The summed E-state index contributed by atoms with van der Waals surface area (Å²) in [4.78, 5) is 16.5. The van der Waals surface area contributed by atoms with Crippen LogP contribution in [0.25, 0.3) is 0 Å². The van der Waals surface area contributed by atoms with E-state index in [9.17, 15) is 4.79 Å². The Labute approximate surface area is 168 Å². The third-order valence-electron chi connectivity index (χ3n) is 4.16. The third kappa shape index (κ3) is 4.79. The number of aromatic nitrogens is 1. The Morgan fingerprint density at radius 3 is 2.41 bits per heavy atom. The Kier molecular flexibility index (Phi) is 6.32. The van der Waals surface area contributed by atoms with Crippen molar-refractivity contribution in [1.82, 2.24) is 4.98 Å². The minimum absolute atomic E-state index is 0.286. The fourth-order valence-corrected chi connectivity index (χ4v) is 3.21. The number of carbonyl (C=O) groups is 1. The molecule has 0 bridgehead atoms. The van der Waals surface area contributed by atoms with Gasteiger partial charge in [0.05, 0.1) is 22.8 Å². The van der Waals surface area contributed by atoms with E-state index in [1.807, 2.05) is 24.3 Å². The molecular weight excluding hydrogens is 383 g/mol. The lowest BCUT2D eigenvalue weighted by Gasteiger charge is -2.12. The second-order valence-corrected chi connectivity index (χ2v) is 6.76. The first-order chi connectivity index (χ1) is 13.1. The van der Waals surface area contributed by atoms with Gasteiger partial charge in [0, 0.05) is 18.0 Å². The smallest absolute Gasteiger partial charge is 0.255 e. The first-order valence-electron chi connectivity index (χ1n) is 8.39. The normalized spacial score (nSPS) is 10.5. The number of halogens is 2. The van der Waals surface area contributed by atoms with Crippen LogP contribution in [0.15, 0.2) is 60.9 Å². The highest BCUT2D eigenvalue weighted by molar-refractivity contribution is 6.39. The Hall–Kier alpha value is -2.56. The molecule has 3 aromatic rings. The summed E-state index contributed by atoms with van der Waals surface area (Å²) in [6, 6.07) is 15.5. The zero-order chi connectivity index (χ0) is 19.2. The number of rotatable bonds is 6. The minimum Gasteiger partial charge on any atom is -0.496 e. The van der Waals surface area contributed by atoms with Crippen molar-refractivity contribution in [1.29, 1.82) is 0 Å². The van der Waals surface area contributed by atoms with Crippen molar-refractivity contribution in [3.63, 3.8) is 0 Å². The van der Waals surface area contributed by atoms with Gasteiger partial charge in [0.25, 0.3) is 5.91 Å². The monoisotopic (exact) mass is 400 g/mol. The van der Waals surface area contributed by atoms with Crippen LogP contribution in [0.1, 0.15) is 21.5 Å². The van der Waals surface area contributed by atoms with Crippen molar-refractivity contribution in [2.24, 2.45) is 0 Å². The molecule has 138 valence electrons. The number of nitrogens with zero attached hydrogens (tertiary/aromatic N) is 1. The van der Waals surface area contributed by atoms with E-state index in [-0.39, 0.29) is 16.0 Å². The number of nitrogens with one attached hydrogen (secondary N) is 1. The van der Waals surface area contributed by atoms with Gasteiger partial charge in [-0.15, -0.1) is 0 Å². The van der Waals surface area contributed by atoms with Gasteiger partial charge in [0.15, 0.2) is 0 Å². The topological polar surface area (TPSA) is 51.2 Å². The van der Waals surface area contributed by atoms with Crippen LogP contribution in [0.2, 0.25) is 10.0 Å². The van der Waals surface area contributed by atoms with E-state index < -0.39 is 0 Å². The Morgan fingerprint density at radius 2 is 1.74 bits per heavy atom. The van der Waals surface area contributed by atoms with Gasteiger partial charge in [-0.25, -0.2) is 0 Å². The summed E-state index contributed by atoms with van der Waals surface area (Å²) in [5.74, 6) is 0.455. The van der Waals surface area contributed by atoms with Gasteiger partial charge in [0.1, 0.15) is 5.75 Å². The van der Waals surface area contributed by atoms with Gasteiger partial charge < -0.3 is 10.1 Å². The molecule has 27 heavy (non-hydrogen) atoms. The van der Waals surface area contributed by atoms with E-state index in [1.165, 1.54) is 18.0 Å². The van der Waals surface area contributed by atoms with Gasteiger partial charge in [-0.2, -0.15) is 0 Å². The highest BCUT2D eigenvalue weighted by Crippen LogP contribution is 2.29. The van der Waals surface area contributed by atoms with Crippen LogP contribution in [-0.4, -0.2) is 18.0 Å². The van der Waals surface area contributed by atoms with E-state index in [4.69, 9.17) is 27.9 Å². The van der Waals surface area contributed by atoms with Crippen molar-refractivity contribution < 1.29 is 9.53 Å². The molecule has 2 aromatic carbocycles. The van der Waals surface area contributed by atoms with Crippen molar-refractivity contribution >= 4 is 34.8 Å². The molecule has 0 unspecified atom stereocenters. The molecule has 6 heteroatoms. The maximum absolute atomic E-state index is 12.7.